The summed E-state index contributed by atoms with van der Waals surface area (Å²) >= 11 is 0. The van der Waals surface area contributed by atoms with Crippen LogP contribution in [0.25, 0.3) is 0 Å². The quantitative estimate of drug-likeness (QED) is 0.894. The maximum Gasteiger partial charge on any atom is 0.133 e. The first-order chi connectivity index (χ1) is 9.16. The second kappa shape index (κ2) is 4.67. The van der Waals surface area contributed by atoms with Crippen molar-refractivity contribution in [3.8, 4) is 0 Å². The molecular weight excluding hydrogens is 236 g/mol. The Bertz CT molecular complexity index is 607. The first kappa shape index (κ1) is 12.2. The Morgan fingerprint density at radius 2 is 2.00 bits per heavy atom. The molecule has 3 rings (SSSR count). The molecule has 3 nitrogen and oxygen atoms in total. The molecule has 1 aromatic carbocycles. The highest BCUT2D eigenvalue weighted by atomic mass is 16.3. The number of anilines is 2. The Balaban J connectivity index is 1.99. The monoisotopic (exact) mass is 254 g/mol. The van der Waals surface area contributed by atoms with Gasteiger partial charge in [0.2, 0.25) is 0 Å². The highest BCUT2D eigenvalue weighted by Gasteiger charge is 2.21. The van der Waals surface area contributed by atoms with E-state index in [1.807, 2.05) is 19.1 Å². The molecule has 3 heteroatoms. The van der Waals surface area contributed by atoms with Crippen LogP contribution in [-0.4, -0.2) is 16.6 Å². The van der Waals surface area contributed by atoms with Crippen LogP contribution in [0.1, 0.15) is 29.8 Å². The molecule has 0 aliphatic carbocycles. The number of benzene rings is 1. The molecule has 1 unspecified atom stereocenters. The molecule has 19 heavy (non-hydrogen) atoms. The minimum absolute atomic E-state index is 0.465. The molecule has 0 fully saturated rings. The summed E-state index contributed by atoms with van der Waals surface area (Å²) in [5.41, 5.74) is 4.42. The zero-order valence-corrected chi connectivity index (χ0v) is 11.3. The highest BCUT2D eigenvalue weighted by molar-refractivity contribution is 5.67. The van der Waals surface area contributed by atoms with Crippen LogP contribution < -0.4 is 4.90 Å². The lowest BCUT2D eigenvalue weighted by Gasteiger charge is -2.20. The summed E-state index contributed by atoms with van der Waals surface area (Å²) in [4.78, 5) is 6.89. The molecule has 1 aliphatic heterocycles. The number of rotatable bonds is 2. The molecule has 0 bridgehead atoms. The number of aromatic nitrogens is 1. The summed E-state index contributed by atoms with van der Waals surface area (Å²) < 4.78 is 0. The van der Waals surface area contributed by atoms with Crippen LogP contribution in [0.5, 0.6) is 0 Å². The Morgan fingerprint density at radius 3 is 2.74 bits per heavy atom. The third-order valence-corrected chi connectivity index (χ3v) is 3.73. The summed E-state index contributed by atoms with van der Waals surface area (Å²) in [5, 5.41) is 9.66. The van der Waals surface area contributed by atoms with Crippen molar-refractivity contribution < 1.29 is 5.11 Å². The lowest BCUT2D eigenvalue weighted by Crippen LogP contribution is -2.15. The molecule has 1 aliphatic rings. The predicted molar refractivity (Wildman–Crippen MR) is 76.8 cm³/mol. The van der Waals surface area contributed by atoms with Gasteiger partial charge in [0.1, 0.15) is 5.82 Å². The second-order valence-electron chi connectivity index (χ2n) is 5.05. The number of aliphatic hydroxyl groups is 1. The smallest absolute Gasteiger partial charge is 0.133 e. The van der Waals surface area contributed by atoms with Gasteiger partial charge in [0, 0.05) is 23.5 Å². The lowest BCUT2D eigenvalue weighted by molar-refractivity contribution is 0.198. The van der Waals surface area contributed by atoms with Crippen LogP contribution >= 0.6 is 0 Å². The minimum Gasteiger partial charge on any atom is -0.389 e. The molecule has 0 radical (unpaired) electrons. The fourth-order valence-corrected chi connectivity index (χ4v) is 2.73. The summed E-state index contributed by atoms with van der Waals surface area (Å²) in [7, 11) is 0. The number of para-hydroxylation sites is 1. The van der Waals surface area contributed by atoms with Gasteiger partial charge >= 0.3 is 0 Å². The lowest BCUT2D eigenvalue weighted by atomic mass is 10.1. The zero-order valence-electron chi connectivity index (χ0n) is 11.3. The first-order valence-electron chi connectivity index (χ1n) is 6.68. The van der Waals surface area contributed by atoms with E-state index < -0.39 is 6.10 Å². The van der Waals surface area contributed by atoms with Gasteiger partial charge in [-0.05, 0) is 38.0 Å². The van der Waals surface area contributed by atoms with Crippen LogP contribution in [0.4, 0.5) is 11.5 Å². The molecule has 0 amide bonds. The van der Waals surface area contributed by atoms with Gasteiger partial charge in [-0.2, -0.15) is 0 Å². The van der Waals surface area contributed by atoms with Gasteiger partial charge in [0.15, 0.2) is 0 Å². The molecule has 0 saturated carbocycles. The van der Waals surface area contributed by atoms with Gasteiger partial charge < -0.3 is 10.0 Å². The number of hydrogen-bond acceptors (Lipinski definition) is 3. The van der Waals surface area contributed by atoms with Gasteiger partial charge in [-0.3, -0.25) is 0 Å². The molecule has 98 valence electrons. The van der Waals surface area contributed by atoms with Crippen molar-refractivity contribution in [2.24, 2.45) is 0 Å². The summed E-state index contributed by atoms with van der Waals surface area (Å²) in [6, 6.07) is 12.4. The molecule has 1 atom stereocenters. The molecule has 2 aromatic rings. The Hall–Kier alpha value is -1.87. The maximum atomic E-state index is 9.66. The molecule has 1 aromatic heterocycles. The van der Waals surface area contributed by atoms with E-state index >= 15 is 0 Å². The Morgan fingerprint density at radius 1 is 1.21 bits per heavy atom. The number of pyridine rings is 1. The SMILES string of the molecule is Cc1nc(N2CCc3ccccc32)ccc1C(C)O. The Labute approximate surface area is 113 Å². The third kappa shape index (κ3) is 2.10. The van der Waals surface area contributed by atoms with Crippen molar-refractivity contribution in [2.45, 2.75) is 26.4 Å². The maximum absolute atomic E-state index is 9.66. The fourth-order valence-electron chi connectivity index (χ4n) is 2.73. The largest absolute Gasteiger partial charge is 0.389 e. The van der Waals surface area contributed by atoms with E-state index in [4.69, 9.17) is 0 Å². The van der Waals surface area contributed by atoms with Crippen molar-refractivity contribution in [3.05, 3.63) is 53.2 Å². The summed E-state index contributed by atoms with van der Waals surface area (Å²) in [6.45, 7) is 4.70. The number of fused-ring (bicyclic) bond motifs is 1. The van der Waals surface area contributed by atoms with E-state index in [0.29, 0.717) is 0 Å². The van der Waals surface area contributed by atoms with Crippen LogP contribution in [0, 0.1) is 6.92 Å². The Kier molecular flexibility index (Phi) is 2.99. The molecule has 0 spiro atoms. The van der Waals surface area contributed by atoms with Crippen LogP contribution in [0.3, 0.4) is 0 Å². The van der Waals surface area contributed by atoms with Gasteiger partial charge in [-0.1, -0.05) is 24.3 Å². The van der Waals surface area contributed by atoms with E-state index in [1.165, 1.54) is 11.3 Å². The first-order valence-corrected chi connectivity index (χ1v) is 6.68. The average Bonchev–Trinajstić information content (AvgIpc) is 2.82. The van der Waals surface area contributed by atoms with Gasteiger partial charge in [0.25, 0.3) is 0 Å². The standard InChI is InChI=1S/C16H18N2O/c1-11-14(12(2)19)7-8-16(17-11)18-10-9-13-5-3-4-6-15(13)18/h3-8,12,19H,9-10H2,1-2H3. The van der Waals surface area contributed by atoms with Crippen LogP contribution in [-0.2, 0) is 6.42 Å². The topological polar surface area (TPSA) is 36.4 Å². The van der Waals surface area contributed by atoms with Crippen LogP contribution in [0.2, 0.25) is 0 Å². The minimum atomic E-state index is -0.465. The number of aliphatic hydroxyl groups excluding tert-OH is 1. The van der Waals surface area contributed by atoms with Crippen molar-refractivity contribution in [3.63, 3.8) is 0 Å². The van der Waals surface area contributed by atoms with E-state index in [-0.39, 0.29) is 0 Å². The molecule has 1 N–H and O–H groups in total. The fraction of sp³-hybridized carbons (Fsp3) is 0.312. The normalized spacial score (nSPS) is 15.4. The summed E-state index contributed by atoms with van der Waals surface area (Å²) in [6.07, 6.45) is 0.599. The van der Waals surface area contributed by atoms with Crippen molar-refractivity contribution in [1.82, 2.24) is 4.98 Å². The number of hydrogen-bond donors (Lipinski definition) is 1. The summed E-state index contributed by atoms with van der Waals surface area (Å²) in [5.74, 6) is 0.965. The van der Waals surface area contributed by atoms with Crippen molar-refractivity contribution in [2.75, 3.05) is 11.4 Å². The molecule has 0 saturated heterocycles. The van der Waals surface area contributed by atoms with E-state index in [1.54, 1.807) is 6.92 Å². The number of aryl methyl sites for hydroxylation is 1. The average molecular weight is 254 g/mol. The van der Waals surface area contributed by atoms with Gasteiger partial charge in [-0.15, -0.1) is 0 Å². The van der Waals surface area contributed by atoms with Crippen molar-refractivity contribution >= 4 is 11.5 Å². The van der Waals surface area contributed by atoms with E-state index in [0.717, 1.165) is 30.0 Å². The number of nitrogens with zero attached hydrogens (tertiary/aromatic N) is 2. The second-order valence-corrected chi connectivity index (χ2v) is 5.05. The van der Waals surface area contributed by atoms with Gasteiger partial charge in [0.05, 0.1) is 6.10 Å². The van der Waals surface area contributed by atoms with Crippen LogP contribution in [0.15, 0.2) is 36.4 Å². The highest BCUT2D eigenvalue weighted by Crippen LogP contribution is 2.33. The molecule has 2 heterocycles. The molecular formula is C16H18N2O. The van der Waals surface area contributed by atoms with E-state index in [2.05, 4.69) is 34.1 Å². The van der Waals surface area contributed by atoms with Gasteiger partial charge in [-0.25, -0.2) is 4.98 Å². The van der Waals surface area contributed by atoms with E-state index in [9.17, 15) is 5.11 Å². The predicted octanol–water partition coefficient (Wildman–Crippen LogP) is 3.14. The zero-order chi connectivity index (χ0) is 13.4. The third-order valence-electron chi connectivity index (χ3n) is 3.73. The van der Waals surface area contributed by atoms with Crippen molar-refractivity contribution in [1.29, 1.82) is 0 Å².